The van der Waals surface area contributed by atoms with Crippen molar-refractivity contribution < 1.29 is 23.4 Å². The lowest BCUT2D eigenvalue weighted by molar-refractivity contribution is 0.0526. The largest absolute Gasteiger partial charge is 0.507 e. The van der Waals surface area contributed by atoms with Crippen molar-refractivity contribution >= 4 is 16.9 Å². The fourth-order valence-electron chi connectivity index (χ4n) is 2.53. The van der Waals surface area contributed by atoms with Gasteiger partial charge in [0.2, 0.25) is 0 Å². The van der Waals surface area contributed by atoms with Crippen LogP contribution in [0.3, 0.4) is 0 Å². The molecule has 1 N–H and O–H groups in total. The highest BCUT2D eigenvalue weighted by atomic mass is 19.1. The van der Waals surface area contributed by atoms with Crippen molar-refractivity contribution in [3.63, 3.8) is 0 Å². The third kappa shape index (κ3) is 3.38. The first-order chi connectivity index (χ1) is 12.0. The van der Waals surface area contributed by atoms with Gasteiger partial charge in [-0.1, -0.05) is 12.1 Å². The number of carbonyl (C=O) groups is 1. The smallest absolute Gasteiger partial charge is 0.343 e. The highest BCUT2D eigenvalue weighted by molar-refractivity contribution is 5.89. The molecular formula is C19H15FO5. The van der Waals surface area contributed by atoms with Crippen molar-refractivity contribution in [2.75, 3.05) is 6.61 Å². The summed E-state index contributed by atoms with van der Waals surface area (Å²) >= 11 is 0. The topological polar surface area (TPSA) is 76.7 Å². The Bertz CT molecular complexity index is 989. The minimum Gasteiger partial charge on any atom is -0.507 e. The van der Waals surface area contributed by atoms with Gasteiger partial charge >= 0.3 is 11.6 Å². The van der Waals surface area contributed by atoms with Gasteiger partial charge in [-0.3, -0.25) is 0 Å². The number of carbonyl (C=O) groups excluding carboxylic acids is 1. The molecule has 5 nitrogen and oxygen atoms in total. The van der Waals surface area contributed by atoms with Gasteiger partial charge in [-0.2, -0.15) is 0 Å². The van der Waals surface area contributed by atoms with Crippen LogP contribution in [0.25, 0.3) is 11.0 Å². The van der Waals surface area contributed by atoms with E-state index >= 15 is 0 Å². The number of halogens is 1. The second-order valence-corrected chi connectivity index (χ2v) is 5.45. The van der Waals surface area contributed by atoms with Gasteiger partial charge in [0.15, 0.2) is 0 Å². The standard InChI is InChI=1S/C19H15FO5/c1-2-24-18(22)12-5-3-11(4-6-12)9-15-17(21)14-10-13(20)7-8-16(14)25-19(15)23/h3-8,10,21H,2,9H2,1H3. The van der Waals surface area contributed by atoms with Gasteiger partial charge < -0.3 is 14.3 Å². The third-order valence-corrected chi connectivity index (χ3v) is 3.78. The molecule has 0 fully saturated rings. The van der Waals surface area contributed by atoms with E-state index in [1.165, 1.54) is 6.07 Å². The van der Waals surface area contributed by atoms with E-state index in [2.05, 4.69) is 0 Å². The molecular weight excluding hydrogens is 327 g/mol. The van der Waals surface area contributed by atoms with Gasteiger partial charge in [-0.05, 0) is 42.8 Å². The molecule has 0 spiro atoms. The lowest BCUT2D eigenvalue weighted by Gasteiger charge is -2.07. The zero-order valence-corrected chi connectivity index (χ0v) is 13.4. The summed E-state index contributed by atoms with van der Waals surface area (Å²) in [6.45, 7) is 2.00. The monoisotopic (exact) mass is 342 g/mol. The van der Waals surface area contributed by atoms with Crippen molar-refractivity contribution in [1.82, 2.24) is 0 Å². The first-order valence-corrected chi connectivity index (χ1v) is 7.70. The number of benzene rings is 2. The van der Waals surface area contributed by atoms with Crippen molar-refractivity contribution in [2.24, 2.45) is 0 Å². The van der Waals surface area contributed by atoms with Crippen LogP contribution in [0.15, 0.2) is 51.7 Å². The normalized spacial score (nSPS) is 10.8. The molecule has 0 saturated heterocycles. The zero-order chi connectivity index (χ0) is 18.0. The molecule has 0 aliphatic rings. The molecule has 0 bridgehead atoms. The van der Waals surface area contributed by atoms with E-state index in [0.717, 1.165) is 12.1 Å². The molecule has 128 valence electrons. The Morgan fingerprint density at radius 1 is 1.20 bits per heavy atom. The second kappa shape index (κ2) is 6.76. The fraction of sp³-hybridized carbons (Fsp3) is 0.158. The van der Waals surface area contributed by atoms with Crippen molar-refractivity contribution in [1.29, 1.82) is 0 Å². The Kier molecular flexibility index (Phi) is 4.52. The maximum atomic E-state index is 13.4. The van der Waals surface area contributed by atoms with E-state index in [-0.39, 0.29) is 35.3 Å². The maximum absolute atomic E-state index is 13.4. The van der Waals surface area contributed by atoms with Gasteiger partial charge in [0, 0.05) is 6.42 Å². The SMILES string of the molecule is CCOC(=O)c1ccc(Cc2c(O)c3cc(F)ccc3oc2=O)cc1. The van der Waals surface area contributed by atoms with E-state index in [9.17, 15) is 19.1 Å². The lowest BCUT2D eigenvalue weighted by Crippen LogP contribution is -2.09. The summed E-state index contributed by atoms with van der Waals surface area (Å²) in [6.07, 6.45) is 0.0870. The number of ether oxygens (including phenoxy) is 1. The van der Waals surface area contributed by atoms with Gasteiger partial charge in [-0.25, -0.2) is 14.0 Å². The lowest BCUT2D eigenvalue weighted by atomic mass is 10.0. The van der Waals surface area contributed by atoms with E-state index in [1.54, 1.807) is 31.2 Å². The van der Waals surface area contributed by atoms with Crippen LogP contribution < -0.4 is 5.63 Å². The molecule has 3 aromatic rings. The summed E-state index contributed by atoms with van der Waals surface area (Å²) < 4.78 is 23.4. The predicted molar refractivity (Wildman–Crippen MR) is 89.3 cm³/mol. The highest BCUT2D eigenvalue weighted by Gasteiger charge is 2.15. The highest BCUT2D eigenvalue weighted by Crippen LogP contribution is 2.28. The van der Waals surface area contributed by atoms with Gasteiger partial charge in [0.1, 0.15) is 17.1 Å². The molecule has 0 amide bonds. The number of hydrogen-bond acceptors (Lipinski definition) is 5. The zero-order valence-electron chi connectivity index (χ0n) is 13.4. The summed E-state index contributed by atoms with van der Waals surface area (Å²) in [5.41, 5.74) is 0.534. The van der Waals surface area contributed by atoms with Gasteiger partial charge in [0.25, 0.3) is 0 Å². The molecule has 0 saturated carbocycles. The number of fused-ring (bicyclic) bond motifs is 1. The van der Waals surface area contributed by atoms with Crippen LogP contribution in [0.4, 0.5) is 4.39 Å². The van der Waals surface area contributed by atoms with Gasteiger partial charge in [-0.15, -0.1) is 0 Å². The van der Waals surface area contributed by atoms with Gasteiger partial charge in [0.05, 0.1) is 23.1 Å². The summed E-state index contributed by atoms with van der Waals surface area (Å²) in [6, 6.07) is 10.0. The predicted octanol–water partition coefficient (Wildman–Crippen LogP) is 3.41. The Balaban J connectivity index is 1.95. The molecule has 0 unspecified atom stereocenters. The average molecular weight is 342 g/mol. The quantitative estimate of drug-likeness (QED) is 0.581. The summed E-state index contributed by atoms with van der Waals surface area (Å²) in [4.78, 5) is 23.7. The number of rotatable bonds is 4. The molecule has 3 rings (SSSR count). The fourth-order valence-corrected chi connectivity index (χ4v) is 2.53. The van der Waals surface area contributed by atoms with E-state index in [0.29, 0.717) is 11.1 Å². The molecule has 6 heteroatoms. The van der Waals surface area contributed by atoms with Crippen LogP contribution in [0, 0.1) is 5.82 Å². The van der Waals surface area contributed by atoms with E-state index < -0.39 is 17.4 Å². The molecule has 25 heavy (non-hydrogen) atoms. The van der Waals surface area contributed by atoms with E-state index in [1.807, 2.05) is 0 Å². The molecule has 1 heterocycles. The van der Waals surface area contributed by atoms with Crippen LogP contribution in [0.2, 0.25) is 0 Å². The molecule has 0 radical (unpaired) electrons. The molecule has 0 aliphatic carbocycles. The molecule has 2 aromatic carbocycles. The number of hydrogen-bond donors (Lipinski definition) is 1. The minimum atomic E-state index is -0.689. The van der Waals surface area contributed by atoms with Crippen molar-refractivity contribution in [3.8, 4) is 5.75 Å². The number of aromatic hydroxyl groups is 1. The average Bonchev–Trinajstić information content (AvgIpc) is 2.60. The minimum absolute atomic E-state index is 0.0296. The van der Waals surface area contributed by atoms with Crippen LogP contribution >= 0.6 is 0 Å². The number of esters is 1. The summed E-state index contributed by atoms with van der Waals surface area (Å²) in [5.74, 6) is -1.28. The molecule has 1 aromatic heterocycles. The maximum Gasteiger partial charge on any atom is 0.343 e. The molecule has 0 aliphatic heterocycles. The van der Waals surface area contributed by atoms with Crippen LogP contribution in [-0.2, 0) is 11.2 Å². The first-order valence-electron chi connectivity index (χ1n) is 7.70. The third-order valence-electron chi connectivity index (χ3n) is 3.78. The summed E-state index contributed by atoms with van der Waals surface area (Å²) in [7, 11) is 0. The summed E-state index contributed by atoms with van der Waals surface area (Å²) in [5, 5.41) is 10.5. The van der Waals surface area contributed by atoms with Crippen molar-refractivity contribution in [3.05, 3.63) is 75.4 Å². The Morgan fingerprint density at radius 3 is 2.60 bits per heavy atom. The molecule has 0 atom stereocenters. The van der Waals surface area contributed by atoms with Crippen LogP contribution in [0.1, 0.15) is 28.4 Å². The Hall–Kier alpha value is -3.15. The van der Waals surface area contributed by atoms with Crippen LogP contribution in [-0.4, -0.2) is 17.7 Å². The van der Waals surface area contributed by atoms with E-state index in [4.69, 9.17) is 9.15 Å². The Morgan fingerprint density at radius 2 is 1.92 bits per heavy atom. The second-order valence-electron chi connectivity index (χ2n) is 5.45. The first kappa shape index (κ1) is 16.7. The van der Waals surface area contributed by atoms with Crippen molar-refractivity contribution in [2.45, 2.75) is 13.3 Å². The Labute approximate surface area is 142 Å². The van der Waals surface area contributed by atoms with Crippen LogP contribution in [0.5, 0.6) is 5.75 Å².